The van der Waals surface area contributed by atoms with Crippen molar-refractivity contribution in [1.82, 2.24) is 15.5 Å². The minimum atomic E-state index is 0.258. The maximum absolute atomic E-state index is 11.8. The molecule has 1 aromatic carbocycles. The molecule has 2 N–H and O–H groups in total. The van der Waals surface area contributed by atoms with Crippen molar-refractivity contribution in [2.24, 2.45) is 4.99 Å². The Hall–Kier alpha value is -2.12. The first-order valence-corrected chi connectivity index (χ1v) is 10.2. The Morgan fingerprint density at radius 1 is 1.21 bits per heavy atom. The molecule has 0 radical (unpaired) electrons. The topological polar surface area (TPSA) is 75.2 Å². The van der Waals surface area contributed by atoms with Crippen LogP contribution in [-0.4, -0.2) is 63.3 Å². The number of aliphatic imine (C=N–C) groups is 1. The highest BCUT2D eigenvalue weighted by molar-refractivity contribution is 5.79. The number of guanidine groups is 1. The fourth-order valence-electron chi connectivity index (χ4n) is 3.06. The Balaban J connectivity index is 1.79. The third kappa shape index (κ3) is 8.27. The lowest BCUT2D eigenvalue weighted by atomic mass is 10.1. The van der Waals surface area contributed by atoms with Crippen molar-refractivity contribution in [2.45, 2.75) is 39.3 Å². The highest BCUT2D eigenvalue weighted by atomic mass is 16.5. The van der Waals surface area contributed by atoms with Gasteiger partial charge < -0.3 is 25.0 Å². The van der Waals surface area contributed by atoms with E-state index in [1.807, 2.05) is 11.0 Å². The van der Waals surface area contributed by atoms with E-state index in [-0.39, 0.29) is 5.91 Å². The summed E-state index contributed by atoms with van der Waals surface area (Å²) < 4.78 is 10.4. The van der Waals surface area contributed by atoms with E-state index in [0.717, 1.165) is 49.6 Å². The van der Waals surface area contributed by atoms with Gasteiger partial charge in [-0.1, -0.05) is 24.3 Å². The summed E-state index contributed by atoms with van der Waals surface area (Å²) in [6.07, 6.45) is 2.56. The summed E-state index contributed by atoms with van der Waals surface area (Å²) in [6.45, 7) is 7.78. The molecule has 0 aromatic heterocycles. The molecular formula is C21H34N4O3. The average Bonchev–Trinajstić information content (AvgIpc) is 3.10. The Labute approximate surface area is 168 Å². The lowest BCUT2D eigenvalue weighted by Crippen LogP contribution is -2.38. The fourth-order valence-corrected chi connectivity index (χ4v) is 3.06. The number of nitrogens with zero attached hydrogens (tertiary/aromatic N) is 2. The Kier molecular flexibility index (Phi) is 10.4. The highest BCUT2D eigenvalue weighted by Crippen LogP contribution is 2.15. The lowest BCUT2D eigenvalue weighted by molar-refractivity contribution is -0.128. The number of benzene rings is 1. The van der Waals surface area contributed by atoms with Gasteiger partial charge in [0, 0.05) is 46.3 Å². The van der Waals surface area contributed by atoms with Gasteiger partial charge in [-0.05, 0) is 30.9 Å². The van der Waals surface area contributed by atoms with Crippen LogP contribution < -0.4 is 10.6 Å². The molecule has 1 aliphatic rings. The van der Waals surface area contributed by atoms with Gasteiger partial charge >= 0.3 is 0 Å². The lowest BCUT2D eigenvalue weighted by Gasteiger charge is -2.16. The molecule has 0 atom stereocenters. The Bertz CT molecular complexity index is 621. The Morgan fingerprint density at radius 3 is 2.82 bits per heavy atom. The van der Waals surface area contributed by atoms with E-state index in [0.29, 0.717) is 39.3 Å². The third-order valence-corrected chi connectivity index (χ3v) is 4.49. The van der Waals surface area contributed by atoms with E-state index < -0.39 is 0 Å². The molecule has 0 aliphatic carbocycles. The van der Waals surface area contributed by atoms with Gasteiger partial charge in [0.05, 0.1) is 19.8 Å². The number of carbonyl (C=O) groups is 1. The van der Waals surface area contributed by atoms with Crippen LogP contribution >= 0.6 is 0 Å². The van der Waals surface area contributed by atoms with Crippen molar-refractivity contribution in [2.75, 3.05) is 46.6 Å². The van der Waals surface area contributed by atoms with Crippen molar-refractivity contribution in [3.05, 3.63) is 35.4 Å². The normalized spacial score (nSPS) is 14.6. The molecule has 0 bridgehead atoms. The van der Waals surface area contributed by atoms with Crippen molar-refractivity contribution in [3.8, 4) is 0 Å². The zero-order valence-electron chi connectivity index (χ0n) is 17.2. The molecule has 1 fully saturated rings. The molecule has 0 spiro atoms. The minimum Gasteiger partial charge on any atom is -0.382 e. The van der Waals surface area contributed by atoms with Crippen LogP contribution in [-0.2, 0) is 27.4 Å². The molecule has 7 nitrogen and oxygen atoms in total. The van der Waals surface area contributed by atoms with Crippen molar-refractivity contribution in [1.29, 1.82) is 0 Å². The molecule has 1 saturated heterocycles. The maximum Gasteiger partial charge on any atom is 0.222 e. The van der Waals surface area contributed by atoms with Gasteiger partial charge in [-0.3, -0.25) is 4.79 Å². The number of hydrogen-bond donors (Lipinski definition) is 2. The summed E-state index contributed by atoms with van der Waals surface area (Å²) in [4.78, 5) is 18.4. The molecule has 156 valence electrons. The second-order valence-corrected chi connectivity index (χ2v) is 6.82. The van der Waals surface area contributed by atoms with Crippen LogP contribution in [0.3, 0.4) is 0 Å². The van der Waals surface area contributed by atoms with E-state index >= 15 is 0 Å². The summed E-state index contributed by atoms with van der Waals surface area (Å²) in [7, 11) is 1.67. The highest BCUT2D eigenvalue weighted by Gasteiger charge is 2.19. The average molecular weight is 391 g/mol. The predicted molar refractivity (Wildman–Crippen MR) is 111 cm³/mol. The molecule has 1 heterocycles. The van der Waals surface area contributed by atoms with Crippen molar-refractivity contribution < 1.29 is 14.3 Å². The summed E-state index contributed by atoms with van der Waals surface area (Å²) in [5.41, 5.74) is 2.30. The number of carbonyl (C=O) groups excluding carboxylic acids is 1. The van der Waals surface area contributed by atoms with Crippen LogP contribution in [0.1, 0.15) is 37.3 Å². The predicted octanol–water partition coefficient (Wildman–Crippen LogP) is 1.92. The monoisotopic (exact) mass is 390 g/mol. The summed E-state index contributed by atoms with van der Waals surface area (Å²) >= 11 is 0. The molecule has 1 amide bonds. The fraction of sp³-hybridized carbons (Fsp3) is 0.619. The van der Waals surface area contributed by atoms with Crippen LogP contribution in [0.25, 0.3) is 0 Å². The maximum atomic E-state index is 11.8. The number of likely N-dealkylation sites (tertiary alicyclic amines) is 1. The smallest absolute Gasteiger partial charge is 0.222 e. The van der Waals surface area contributed by atoms with E-state index in [4.69, 9.17) is 9.47 Å². The second-order valence-electron chi connectivity index (χ2n) is 6.82. The number of methoxy groups -OCH3 is 1. The van der Waals surface area contributed by atoms with Gasteiger partial charge in [0.1, 0.15) is 0 Å². The van der Waals surface area contributed by atoms with Gasteiger partial charge in [0.25, 0.3) is 0 Å². The van der Waals surface area contributed by atoms with E-state index in [9.17, 15) is 4.79 Å². The third-order valence-electron chi connectivity index (χ3n) is 4.49. The number of rotatable bonds is 12. The number of amides is 1. The van der Waals surface area contributed by atoms with Crippen LogP contribution in [0.5, 0.6) is 0 Å². The zero-order valence-corrected chi connectivity index (χ0v) is 17.2. The first kappa shape index (κ1) is 22.2. The van der Waals surface area contributed by atoms with Crippen LogP contribution in [0, 0.1) is 0 Å². The molecule has 0 unspecified atom stereocenters. The van der Waals surface area contributed by atoms with Gasteiger partial charge in [0.2, 0.25) is 5.91 Å². The van der Waals surface area contributed by atoms with E-state index in [1.165, 1.54) is 0 Å². The van der Waals surface area contributed by atoms with Crippen LogP contribution in [0.2, 0.25) is 0 Å². The van der Waals surface area contributed by atoms with E-state index in [1.54, 1.807) is 7.11 Å². The number of ether oxygens (including phenoxy) is 2. The van der Waals surface area contributed by atoms with Gasteiger partial charge in [-0.15, -0.1) is 0 Å². The molecule has 7 heteroatoms. The van der Waals surface area contributed by atoms with Gasteiger partial charge in [-0.25, -0.2) is 4.99 Å². The van der Waals surface area contributed by atoms with Gasteiger partial charge in [0.15, 0.2) is 5.96 Å². The number of nitrogens with one attached hydrogen (secondary N) is 2. The van der Waals surface area contributed by atoms with Crippen molar-refractivity contribution >= 4 is 11.9 Å². The molecule has 1 aliphatic heterocycles. The summed E-state index contributed by atoms with van der Waals surface area (Å²) in [5, 5.41) is 6.60. The number of hydrogen-bond acceptors (Lipinski definition) is 4. The second kappa shape index (κ2) is 13.1. The molecule has 28 heavy (non-hydrogen) atoms. The molecule has 1 aromatic rings. The minimum absolute atomic E-state index is 0.258. The molecular weight excluding hydrogens is 356 g/mol. The summed E-state index contributed by atoms with van der Waals surface area (Å²) in [5.74, 6) is 1.06. The standard InChI is InChI=1S/C21H34N4O3/c1-3-22-21(23-10-6-12-28-14-13-27-2)24-16-18-7-4-8-19(15-18)17-25-11-5-9-20(25)26/h4,7-8,15H,3,5-6,9-14,16-17H2,1-2H3,(H2,22,23,24). The quantitative estimate of drug-likeness (QED) is 0.324. The van der Waals surface area contributed by atoms with Crippen LogP contribution in [0.4, 0.5) is 0 Å². The van der Waals surface area contributed by atoms with Gasteiger partial charge in [-0.2, -0.15) is 0 Å². The van der Waals surface area contributed by atoms with Crippen molar-refractivity contribution in [3.63, 3.8) is 0 Å². The Morgan fingerprint density at radius 2 is 2.07 bits per heavy atom. The molecule has 0 saturated carbocycles. The summed E-state index contributed by atoms with van der Waals surface area (Å²) in [6, 6.07) is 8.33. The largest absolute Gasteiger partial charge is 0.382 e. The molecule has 2 rings (SSSR count). The van der Waals surface area contributed by atoms with Crippen LogP contribution in [0.15, 0.2) is 29.3 Å². The van der Waals surface area contributed by atoms with E-state index in [2.05, 4.69) is 40.7 Å². The zero-order chi connectivity index (χ0) is 20.0. The SMILES string of the molecule is CCNC(=NCc1cccc(CN2CCCC2=O)c1)NCCCOCCOC. The first-order chi connectivity index (χ1) is 13.7. The first-order valence-electron chi connectivity index (χ1n) is 10.2.